The fourth-order valence-corrected chi connectivity index (χ4v) is 3.11. The van der Waals surface area contributed by atoms with Crippen LogP contribution in [0.2, 0.25) is 0 Å². The molecule has 1 fully saturated rings. The maximum absolute atomic E-state index is 12.4. The molecule has 0 spiro atoms. The highest BCUT2D eigenvalue weighted by Gasteiger charge is 2.29. The molecule has 1 aliphatic rings. The van der Waals surface area contributed by atoms with E-state index >= 15 is 0 Å². The van der Waals surface area contributed by atoms with Crippen molar-refractivity contribution in [2.45, 2.75) is 38.1 Å². The van der Waals surface area contributed by atoms with Crippen LogP contribution in [0, 0.1) is 5.92 Å². The SMILES string of the molecule is CN(C(=O)Cc1ccccc1O)C1CCCCC1CN. The van der Waals surface area contributed by atoms with Gasteiger partial charge in [0, 0.05) is 18.7 Å². The van der Waals surface area contributed by atoms with Crippen LogP contribution >= 0.6 is 0 Å². The smallest absolute Gasteiger partial charge is 0.227 e. The lowest BCUT2D eigenvalue weighted by molar-refractivity contribution is -0.132. The number of hydrogen-bond donors (Lipinski definition) is 2. The molecular formula is C16H24N2O2. The van der Waals surface area contributed by atoms with E-state index in [0.717, 1.165) is 19.3 Å². The number of hydrogen-bond acceptors (Lipinski definition) is 3. The van der Waals surface area contributed by atoms with Crippen molar-refractivity contribution in [3.8, 4) is 5.75 Å². The Hall–Kier alpha value is -1.55. The summed E-state index contributed by atoms with van der Waals surface area (Å²) >= 11 is 0. The molecule has 110 valence electrons. The lowest BCUT2D eigenvalue weighted by atomic mass is 9.83. The van der Waals surface area contributed by atoms with Gasteiger partial charge in [0.2, 0.25) is 5.91 Å². The Bertz CT molecular complexity index is 462. The molecule has 1 amide bonds. The number of carbonyl (C=O) groups is 1. The van der Waals surface area contributed by atoms with Crippen LogP contribution in [0.4, 0.5) is 0 Å². The van der Waals surface area contributed by atoms with Gasteiger partial charge in [-0.25, -0.2) is 0 Å². The quantitative estimate of drug-likeness (QED) is 0.883. The number of benzene rings is 1. The third-order valence-corrected chi connectivity index (χ3v) is 4.40. The lowest BCUT2D eigenvalue weighted by Crippen LogP contribution is -2.46. The minimum Gasteiger partial charge on any atom is -0.508 e. The molecule has 0 aromatic heterocycles. The van der Waals surface area contributed by atoms with E-state index in [4.69, 9.17) is 5.73 Å². The summed E-state index contributed by atoms with van der Waals surface area (Å²) in [4.78, 5) is 14.2. The number of amides is 1. The zero-order valence-electron chi connectivity index (χ0n) is 12.1. The van der Waals surface area contributed by atoms with Crippen molar-refractivity contribution in [2.24, 2.45) is 11.7 Å². The molecule has 1 aromatic carbocycles. The molecule has 0 bridgehead atoms. The van der Waals surface area contributed by atoms with E-state index in [-0.39, 0.29) is 24.1 Å². The van der Waals surface area contributed by atoms with Crippen molar-refractivity contribution >= 4 is 5.91 Å². The normalized spacial score (nSPS) is 22.5. The number of phenolic OH excluding ortho intramolecular Hbond substituents is 1. The minimum atomic E-state index is 0.0526. The van der Waals surface area contributed by atoms with Gasteiger partial charge >= 0.3 is 0 Å². The third kappa shape index (κ3) is 3.31. The van der Waals surface area contributed by atoms with Crippen molar-refractivity contribution in [1.82, 2.24) is 4.90 Å². The van der Waals surface area contributed by atoms with Gasteiger partial charge in [-0.15, -0.1) is 0 Å². The van der Waals surface area contributed by atoms with Gasteiger partial charge in [-0.2, -0.15) is 0 Å². The van der Waals surface area contributed by atoms with Crippen molar-refractivity contribution in [1.29, 1.82) is 0 Å². The highest BCUT2D eigenvalue weighted by atomic mass is 16.3. The van der Waals surface area contributed by atoms with E-state index in [1.54, 1.807) is 18.2 Å². The van der Waals surface area contributed by atoms with Crippen molar-refractivity contribution in [2.75, 3.05) is 13.6 Å². The molecule has 3 N–H and O–H groups in total. The topological polar surface area (TPSA) is 66.6 Å². The van der Waals surface area contributed by atoms with E-state index in [9.17, 15) is 9.90 Å². The highest BCUT2D eigenvalue weighted by Crippen LogP contribution is 2.28. The molecule has 4 nitrogen and oxygen atoms in total. The molecular weight excluding hydrogens is 252 g/mol. The van der Waals surface area contributed by atoms with Gasteiger partial charge in [-0.1, -0.05) is 31.0 Å². The van der Waals surface area contributed by atoms with Crippen molar-refractivity contribution < 1.29 is 9.90 Å². The van der Waals surface area contributed by atoms with Crippen LogP contribution in [0.15, 0.2) is 24.3 Å². The Morgan fingerprint density at radius 1 is 1.35 bits per heavy atom. The zero-order chi connectivity index (χ0) is 14.5. The van der Waals surface area contributed by atoms with E-state index in [0.29, 0.717) is 18.0 Å². The number of nitrogens with zero attached hydrogens (tertiary/aromatic N) is 1. The Morgan fingerprint density at radius 2 is 2.05 bits per heavy atom. The number of aromatic hydroxyl groups is 1. The fraction of sp³-hybridized carbons (Fsp3) is 0.562. The molecule has 2 rings (SSSR count). The van der Waals surface area contributed by atoms with Crippen LogP contribution in [0.3, 0.4) is 0 Å². The molecule has 1 aromatic rings. The van der Waals surface area contributed by atoms with Gasteiger partial charge in [0.05, 0.1) is 6.42 Å². The number of phenols is 1. The van der Waals surface area contributed by atoms with Crippen LogP contribution in [0.25, 0.3) is 0 Å². The van der Waals surface area contributed by atoms with Gasteiger partial charge in [-0.3, -0.25) is 4.79 Å². The van der Waals surface area contributed by atoms with Crippen LogP contribution in [-0.4, -0.2) is 35.5 Å². The average molecular weight is 276 g/mol. The largest absolute Gasteiger partial charge is 0.508 e. The second-order valence-corrected chi connectivity index (χ2v) is 5.66. The first kappa shape index (κ1) is 14.9. The molecule has 1 saturated carbocycles. The number of nitrogens with two attached hydrogens (primary N) is 1. The van der Waals surface area contributed by atoms with E-state index < -0.39 is 0 Å². The van der Waals surface area contributed by atoms with E-state index in [2.05, 4.69) is 0 Å². The summed E-state index contributed by atoms with van der Waals surface area (Å²) in [6, 6.07) is 7.26. The van der Waals surface area contributed by atoms with Gasteiger partial charge < -0.3 is 15.7 Å². The Labute approximate surface area is 120 Å². The molecule has 0 radical (unpaired) electrons. The number of carbonyl (C=O) groups excluding carboxylic acids is 1. The standard InChI is InChI=1S/C16H24N2O2/c1-18(14-8-4-2-7-13(14)11-17)16(20)10-12-6-3-5-9-15(12)19/h3,5-6,9,13-14,19H,2,4,7-8,10-11,17H2,1H3. The summed E-state index contributed by atoms with van der Waals surface area (Å²) in [5.74, 6) is 0.646. The monoisotopic (exact) mass is 276 g/mol. The second kappa shape index (κ2) is 6.75. The van der Waals surface area contributed by atoms with Gasteiger partial charge in [0.25, 0.3) is 0 Å². The number of para-hydroxylation sites is 1. The van der Waals surface area contributed by atoms with Crippen LogP contribution < -0.4 is 5.73 Å². The second-order valence-electron chi connectivity index (χ2n) is 5.66. The van der Waals surface area contributed by atoms with Gasteiger partial charge in [-0.05, 0) is 31.4 Å². The molecule has 2 atom stereocenters. The van der Waals surface area contributed by atoms with Crippen molar-refractivity contribution in [3.05, 3.63) is 29.8 Å². The molecule has 20 heavy (non-hydrogen) atoms. The van der Waals surface area contributed by atoms with E-state index in [1.807, 2.05) is 18.0 Å². The lowest BCUT2D eigenvalue weighted by Gasteiger charge is -2.37. The minimum absolute atomic E-state index is 0.0526. The first-order valence-corrected chi connectivity index (χ1v) is 7.36. The average Bonchev–Trinajstić information content (AvgIpc) is 2.48. The van der Waals surface area contributed by atoms with Crippen LogP contribution in [0.1, 0.15) is 31.2 Å². The first-order chi connectivity index (χ1) is 9.63. The maximum Gasteiger partial charge on any atom is 0.227 e. The molecule has 0 aliphatic heterocycles. The maximum atomic E-state index is 12.4. The molecule has 4 heteroatoms. The summed E-state index contributed by atoms with van der Waals surface area (Å²) in [7, 11) is 1.86. The van der Waals surface area contributed by atoms with Crippen LogP contribution in [-0.2, 0) is 11.2 Å². The highest BCUT2D eigenvalue weighted by molar-refractivity contribution is 5.79. The van der Waals surface area contributed by atoms with E-state index in [1.165, 1.54) is 6.42 Å². The first-order valence-electron chi connectivity index (χ1n) is 7.36. The number of rotatable bonds is 4. The molecule has 2 unspecified atom stereocenters. The van der Waals surface area contributed by atoms with Gasteiger partial charge in [0.1, 0.15) is 5.75 Å². The van der Waals surface area contributed by atoms with Gasteiger partial charge in [0.15, 0.2) is 0 Å². The molecule has 0 saturated heterocycles. The Kier molecular flexibility index (Phi) is 5.01. The Morgan fingerprint density at radius 3 is 2.75 bits per heavy atom. The fourth-order valence-electron chi connectivity index (χ4n) is 3.11. The summed E-state index contributed by atoms with van der Waals surface area (Å²) in [5.41, 5.74) is 6.51. The zero-order valence-corrected chi connectivity index (χ0v) is 12.1. The molecule has 0 heterocycles. The summed E-state index contributed by atoms with van der Waals surface area (Å²) < 4.78 is 0. The predicted molar refractivity (Wildman–Crippen MR) is 79.4 cm³/mol. The molecule has 1 aliphatic carbocycles. The number of likely N-dealkylation sites (N-methyl/N-ethyl adjacent to an activating group) is 1. The van der Waals surface area contributed by atoms with Crippen LogP contribution in [0.5, 0.6) is 5.75 Å². The Balaban J connectivity index is 2.03. The summed E-state index contributed by atoms with van der Waals surface area (Å²) in [5, 5.41) is 9.76. The summed E-state index contributed by atoms with van der Waals surface area (Å²) in [6.45, 7) is 0.638. The predicted octanol–water partition coefficient (Wildman–Crippen LogP) is 1.91. The summed E-state index contributed by atoms with van der Waals surface area (Å²) in [6.07, 6.45) is 4.76. The van der Waals surface area contributed by atoms with Crippen molar-refractivity contribution in [3.63, 3.8) is 0 Å². The third-order valence-electron chi connectivity index (χ3n) is 4.40.